The van der Waals surface area contributed by atoms with Gasteiger partial charge in [-0.25, -0.2) is 0 Å². The lowest BCUT2D eigenvalue weighted by molar-refractivity contribution is 0.495. The van der Waals surface area contributed by atoms with E-state index in [2.05, 4.69) is 19.2 Å². The van der Waals surface area contributed by atoms with Crippen LogP contribution in [-0.2, 0) is 6.54 Å². The third-order valence-electron chi connectivity index (χ3n) is 2.57. The van der Waals surface area contributed by atoms with E-state index in [-0.39, 0.29) is 0 Å². The largest absolute Gasteiger partial charge is 0.310 e. The summed E-state index contributed by atoms with van der Waals surface area (Å²) in [7, 11) is 0. The molecule has 0 saturated heterocycles. The summed E-state index contributed by atoms with van der Waals surface area (Å²) in [5.41, 5.74) is 1.14. The first kappa shape index (κ1) is 13.8. The van der Waals surface area contributed by atoms with Gasteiger partial charge in [0, 0.05) is 22.6 Å². The van der Waals surface area contributed by atoms with Crippen molar-refractivity contribution in [2.75, 3.05) is 0 Å². The van der Waals surface area contributed by atoms with Crippen molar-refractivity contribution >= 4 is 23.2 Å². The Labute approximate surface area is 108 Å². The first-order chi connectivity index (χ1) is 7.61. The molecule has 0 spiro atoms. The smallest absolute Gasteiger partial charge is 0.0424 e. The molecule has 0 heterocycles. The van der Waals surface area contributed by atoms with Gasteiger partial charge in [0.25, 0.3) is 0 Å². The molecule has 0 fully saturated rings. The van der Waals surface area contributed by atoms with Crippen molar-refractivity contribution in [1.29, 1.82) is 0 Å². The van der Waals surface area contributed by atoms with E-state index in [0.717, 1.165) is 12.1 Å². The van der Waals surface area contributed by atoms with E-state index < -0.39 is 0 Å². The molecule has 16 heavy (non-hydrogen) atoms. The second kappa shape index (κ2) is 7.16. The molecule has 90 valence electrons. The Morgan fingerprint density at radius 2 is 1.81 bits per heavy atom. The number of unbranched alkanes of at least 4 members (excludes halogenated alkanes) is 1. The van der Waals surface area contributed by atoms with E-state index in [1.165, 1.54) is 19.3 Å². The Balaban J connectivity index is 2.41. The Kier molecular flexibility index (Phi) is 6.18. The van der Waals surface area contributed by atoms with Crippen molar-refractivity contribution in [3.63, 3.8) is 0 Å². The lowest BCUT2D eigenvalue weighted by Gasteiger charge is -2.13. The van der Waals surface area contributed by atoms with E-state index in [1.807, 2.05) is 12.1 Å². The first-order valence-corrected chi connectivity index (χ1v) is 6.55. The number of rotatable bonds is 6. The monoisotopic (exact) mass is 259 g/mol. The van der Waals surface area contributed by atoms with Crippen molar-refractivity contribution in [2.24, 2.45) is 0 Å². The van der Waals surface area contributed by atoms with Crippen LogP contribution < -0.4 is 5.32 Å². The summed E-state index contributed by atoms with van der Waals surface area (Å²) in [5.74, 6) is 0. The highest BCUT2D eigenvalue weighted by Gasteiger charge is 2.02. The van der Waals surface area contributed by atoms with Gasteiger partial charge in [0.15, 0.2) is 0 Å². The van der Waals surface area contributed by atoms with Crippen molar-refractivity contribution in [3.8, 4) is 0 Å². The van der Waals surface area contributed by atoms with Gasteiger partial charge in [-0.3, -0.25) is 0 Å². The third kappa shape index (κ3) is 5.20. The van der Waals surface area contributed by atoms with Crippen LogP contribution >= 0.6 is 23.2 Å². The van der Waals surface area contributed by atoms with E-state index in [0.29, 0.717) is 16.1 Å². The second-order valence-corrected chi connectivity index (χ2v) is 5.07. The van der Waals surface area contributed by atoms with Gasteiger partial charge in [-0.1, -0.05) is 43.0 Å². The average Bonchev–Trinajstić information content (AvgIpc) is 2.22. The lowest BCUT2D eigenvalue weighted by Crippen LogP contribution is -2.25. The highest BCUT2D eigenvalue weighted by molar-refractivity contribution is 6.34. The lowest BCUT2D eigenvalue weighted by atomic mass is 10.1. The Bertz CT molecular complexity index is 305. The van der Waals surface area contributed by atoms with Crippen molar-refractivity contribution in [3.05, 3.63) is 33.8 Å². The maximum Gasteiger partial charge on any atom is 0.0424 e. The predicted octanol–water partition coefficient (Wildman–Crippen LogP) is 4.66. The van der Waals surface area contributed by atoms with Crippen LogP contribution in [0.3, 0.4) is 0 Å². The van der Waals surface area contributed by atoms with Crippen LogP contribution in [0.25, 0.3) is 0 Å². The highest BCUT2D eigenvalue weighted by atomic mass is 35.5. The molecular weight excluding hydrogens is 241 g/mol. The fourth-order valence-electron chi connectivity index (χ4n) is 1.62. The van der Waals surface area contributed by atoms with E-state index in [1.54, 1.807) is 6.07 Å². The number of nitrogens with one attached hydrogen (secondary N) is 1. The topological polar surface area (TPSA) is 12.0 Å². The number of benzene rings is 1. The maximum absolute atomic E-state index is 5.94. The molecule has 1 rings (SSSR count). The number of halogens is 2. The molecule has 1 nitrogen and oxygen atoms in total. The summed E-state index contributed by atoms with van der Waals surface area (Å²) >= 11 is 11.9. The maximum atomic E-state index is 5.94. The fraction of sp³-hybridized carbons (Fsp3) is 0.538. The van der Waals surface area contributed by atoms with Gasteiger partial charge < -0.3 is 5.32 Å². The zero-order valence-corrected chi connectivity index (χ0v) is 11.4. The van der Waals surface area contributed by atoms with Crippen molar-refractivity contribution in [2.45, 2.75) is 45.7 Å². The molecule has 1 aromatic rings. The summed E-state index contributed by atoms with van der Waals surface area (Å²) in [5, 5.41) is 4.87. The van der Waals surface area contributed by atoms with E-state index >= 15 is 0 Å². The molecule has 1 aromatic carbocycles. The minimum atomic E-state index is 0.540. The van der Waals surface area contributed by atoms with Gasteiger partial charge in [-0.2, -0.15) is 0 Å². The molecule has 3 heteroatoms. The Morgan fingerprint density at radius 3 is 2.38 bits per heavy atom. The molecule has 0 bridgehead atoms. The summed E-state index contributed by atoms with van der Waals surface area (Å²) < 4.78 is 0. The van der Waals surface area contributed by atoms with Crippen LogP contribution in [0, 0.1) is 0 Å². The first-order valence-electron chi connectivity index (χ1n) is 5.80. The van der Waals surface area contributed by atoms with Crippen molar-refractivity contribution in [1.82, 2.24) is 5.32 Å². The van der Waals surface area contributed by atoms with Gasteiger partial charge in [-0.15, -0.1) is 0 Å². The molecule has 1 atom stereocenters. The predicted molar refractivity (Wildman–Crippen MR) is 72.3 cm³/mol. The van der Waals surface area contributed by atoms with Crippen LogP contribution in [0.15, 0.2) is 18.2 Å². The van der Waals surface area contributed by atoms with Gasteiger partial charge in [0.2, 0.25) is 0 Å². The number of hydrogen-bond acceptors (Lipinski definition) is 1. The molecule has 1 N–H and O–H groups in total. The summed E-state index contributed by atoms with van der Waals surface area (Å²) in [6, 6.07) is 6.20. The zero-order chi connectivity index (χ0) is 12.0. The minimum absolute atomic E-state index is 0.540. The molecule has 1 unspecified atom stereocenters. The SMILES string of the molecule is CCCCC(C)NCc1cc(Cl)cc(Cl)c1. The normalized spacial score (nSPS) is 12.8. The zero-order valence-electron chi connectivity index (χ0n) is 9.89. The molecule has 0 aliphatic carbocycles. The van der Waals surface area contributed by atoms with Crippen LogP contribution in [-0.4, -0.2) is 6.04 Å². The van der Waals surface area contributed by atoms with Crippen LogP contribution in [0.2, 0.25) is 10.0 Å². The molecule has 0 aliphatic heterocycles. The fourth-order valence-corrected chi connectivity index (χ4v) is 2.19. The standard InChI is InChI=1S/C13H19Cl2N/c1-3-4-5-10(2)16-9-11-6-12(14)8-13(15)7-11/h6-8,10,16H,3-5,9H2,1-2H3. The second-order valence-electron chi connectivity index (χ2n) is 4.20. The molecule has 0 amide bonds. The third-order valence-corrected chi connectivity index (χ3v) is 3.00. The van der Waals surface area contributed by atoms with Gasteiger partial charge >= 0.3 is 0 Å². The molecule has 0 aromatic heterocycles. The van der Waals surface area contributed by atoms with Crippen LogP contribution in [0.5, 0.6) is 0 Å². The van der Waals surface area contributed by atoms with Crippen LogP contribution in [0.4, 0.5) is 0 Å². The highest BCUT2D eigenvalue weighted by Crippen LogP contribution is 2.19. The number of hydrogen-bond donors (Lipinski definition) is 1. The average molecular weight is 260 g/mol. The minimum Gasteiger partial charge on any atom is -0.310 e. The van der Waals surface area contributed by atoms with Gasteiger partial charge in [0.1, 0.15) is 0 Å². The Hall–Kier alpha value is -0.240. The summed E-state index contributed by atoms with van der Waals surface area (Å²) in [4.78, 5) is 0. The molecular formula is C13H19Cl2N. The summed E-state index contributed by atoms with van der Waals surface area (Å²) in [6.07, 6.45) is 3.73. The molecule has 0 saturated carbocycles. The van der Waals surface area contributed by atoms with E-state index in [9.17, 15) is 0 Å². The van der Waals surface area contributed by atoms with Gasteiger partial charge in [0.05, 0.1) is 0 Å². The Morgan fingerprint density at radius 1 is 1.19 bits per heavy atom. The van der Waals surface area contributed by atoms with Crippen LogP contribution in [0.1, 0.15) is 38.7 Å². The van der Waals surface area contributed by atoms with E-state index in [4.69, 9.17) is 23.2 Å². The molecule has 0 radical (unpaired) electrons. The molecule has 0 aliphatic rings. The quantitative estimate of drug-likeness (QED) is 0.784. The van der Waals surface area contributed by atoms with Crippen molar-refractivity contribution < 1.29 is 0 Å². The van der Waals surface area contributed by atoms with Gasteiger partial charge in [-0.05, 0) is 37.1 Å². The summed E-state index contributed by atoms with van der Waals surface area (Å²) in [6.45, 7) is 5.25.